The zero-order valence-corrected chi connectivity index (χ0v) is 12.3. The number of fused-ring (bicyclic) bond motifs is 1. The molecule has 0 unspecified atom stereocenters. The van der Waals surface area contributed by atoms with Gasteiger partial charge in [-0.1, -0.05) is 41.9 Å². The second kappa shape index (κ2) is 5.29. The van der Waals surface area contributed by atoms with E-state index >= 15 is 0 Å². The van der Waals surface area contributed by atoms with Crippen LogP contribution in [0.25, 0.3) is 10.8 Å². The number of nitrogens with one attached hydrogen (secondary N) is 1. The summed E-state index contributed by atoms with van der Waals surface area (Å²) in [6.07, 6.45) is 0. The molecule has 0 saturated heterocycles. The van der Waals surface area contributed by atoms with Gasteiger partial charge in [0.1, 0.15) is 0 Å². The molecule has 0 aliphatic rings. The van der Waals surface area contributed by atoms with E-state index in [4.69, 9.17) is 0 Å². The van der Waals surface area contributed by atoms with E-state index in [-0.39, 0.29) is 12.0 Å². The van der Waals surface area contributed by atoms with Gasteiger partial charge in [0.15, 0.2) is 0 Å². The first-order valence-corrected chi connectivity index (χ1v) is 6.83. The molecule has 2 rings (SSSR count). The second-order valence-electron chi connectivity index (χ2n) is 5.38. The molecule has 0 heterocycles. The minimum atomic E-state index is -0.103. The molecule has 0 saturated carbocycles. The summed E-state index contributed by atoms with van der Waals surface area (Å²) in [6.45, 7) is 5.02. The van der Waals surface area contributed by atoms with Crippen LogP contribution in [0.4, 0.5) is 5.69 Å². The molecule has 2 aromatic carbocycles. The molecule has 3 heteroatoms. The van der Waals surface area contributed by atoms with Crippen molar-refractivity contribution in [2.75, 3.05) is 18.5 Å². The average Bonchev–Trinajstić information content (AvgIpc) is 2.36. The van der Waals surface area contributed by atoms with Gasteiger partial charge in [-0.2, -0.15) is 0 Å². The Morgan fingerprint density at radius 3 is 2.50 bits per heavy atom. The van der Waals surface area contributed by atoms with Gasteiger partial charge in [-0.05, 0) is 35.0 Å². The first-order valence-electron chi connectivity index (χ1n) is 6.04. The molecular formula is C15H18BrNO. The summed E-state index contributed by atoms with van der Waals surface area (Å²) < 4.78 is 1.09. The van der Waals surface area contributed by atoms with Crippen LogP contribution < -0.4 is 5.32 Å². The molecule has 0 radical (unpaired) electrons. The standard InChI is InChI=1S/C15H18BrNO/c1-15(2,10-18)9-17-14-6-4-11-7-13(16)5-3-12(11)8-14/h3-8,17-18H,9-10H2,1-2H3. The molecular weight excluding hydrogens is 290 g/mol. The van der Waals surface area contributed by atoms with E-state index in [0.29, 0.717) is 0 Å². The van der Waals surface area contributed by atoms with E-state index in [1.54, 1.807) is 0 Å². The van der Waals surface area contributed by atoms with Crippen LogP contribution in [-0.4, -0.2) is 18.3 Å². The first-order chi connectivity index (χ1) is 8.50. The molecule has 0 fully saturated rings. The van der Waals surface area contributed by atoms with E-state index < -0.39 is 0 Å². The van der Waals surface area contributed by atoms with Crippen LogP contribution >= 0.6 is 15.9 Å². The number of rotatable bonds is 4. The first kappa shape index (κ1) is 13.4. The van der Waals surface area contributed by atoms with Crippen LogP contribution in [0.15, 0.2) is 40.9 Å². The monoisotopic (exact) mass is 307 g/mol. The Kier molecular flexibility index (Phi) is 3.93. The number of benzene rings is 2. The van der Waals surface area contributed by atoms with Crippen molar-refractivity contribution in [3.05, 3.63) is 40.9 Å². The summed E-state index contributed by atoms with van der Waals surface area (Å²) in [5.74, 6) is 0. The van der Waals surface area contributed by atoms with Crippen molar-refractivity contribution in [1.82, 2.24) is 0 Å². The van der Waals surface area contributed by atoms with Crippen molar-refractivity contribution in [3.63, 3.8) is 0 Å². The van der Waals surface area contributed by atoms with Crippen molar-refractivity contribution >= 4 is 32.4 Å². The molecule has 0 bridgehead atoms. The molecule has 2 nitrogen and oxygen atoms in total. The maximum Gasteiger partial charge on any atom is 0.0498 e. The molecule has 0 amide bonds. The van der Waals surface area contributed by atoms with Gasteiger partial charge in [0.05, 0.1) is 0 Å². The topological polar surface area (TPSA) is 32.3 Å². The number of aliphatic hydroxyl groups excluding tert-OH is 1. The third-order valence-corrected chi connectivity index (χ3v) is 3.49. The summed E-state index contributed by atoms with van der Waals surface area (Å²) in [4.78, 5) is 0. The average molecular weight is 308 g/mol. The van der Waals surface area contributed by atoms with Gasteiger partial charge >= 0.3 is 0 Å². The van der Waals surface area contributed by atoms with Crippen LogP contribution in [0.1, 0.15) is 13.8 Å². The van der Waals surface area contributed by atoms with E-state index in [1.807, 2.05) is 19.9 Å². The van der Waals surface area contributed by atoms with Crippen molar-refractivity contribution in [2.45, 2.75) is 13.8 Å². The number of hydrogen-bond donors (Lipinski definition) is 2. The highest BCUT2D eigenvalue weighted by Crippen LogP contribution is 2.24. The molecule has 0 atom stereocenters. The largest absolute Gasteiger partial charge is 0.396 e. The molecule has 2 N–H and O–H groups in total. The third-order valence-electron chi connectivity index (χ3n) is 3.00. The fourth-order valence-corrected chi connectivity index (χ4v) is 2.10. The fourth-order valence-electron chi connectivity index (χ4n) is 1.72. The maximum atomic E-state index is 9.23. The SMILES string of the molecule is CC(C)(CO)CNc1ccc2cc(Br)ccc2c1. The Labute approximate surface area is 116 Å². The Balaban J connectivity index is 2.18. The molecule has 18 heavy (non-hydrogen) atoms. The lowest BCUT2D eigenvalue weighted by atomic mass is 9.95. The van der Waals surface area contributed by atoms with E-state index in [9.17, 15) is 5.11 Å². The lowest BCUT2D eigenvalue weighted by Crippen LogP contribution is -2.26. The maximum absolute atomic E-state index is 9.23. The summed E-state index contributed by atoms with van der Waals surface area (Å²) in [5.41, 5.74) is 0.987. The Hall–Kier alpha value is -1.06. The summed E-state index contributed by atoms with van der Waals surface area (Å²) in [5, 5.41) is 15.0. The molecule has 0 aliphatic carbocycles. The normalized spacial score (nSPS) is 11.8. The second-order valence-corrected chi connectivity index (χ2v) is 6.30. The zero-order valence-electron chi connectivity index (χ0n) is 10.7. The summed E-state index contributed by atoms with van der Waals surface area (Å²) >= 11 is 3.47. The minimum Gasteiger partial charge on any atom is -0.396 e. The molecule has 0 spiro atoms. The van der Waals surface area contributed by atoms with E-state index in [2.05, 4.69) is 51.6 Å². The Morgan fingerprint density at radius 1 is 1.11 bits per heavy atom. The Morgan fingerprint density at radius 2 is 1.78 bits per heavy atom. The number of halogens is 1. The van der Waals surface area contributed by atoms with Crippen molar-refractivity contribution in [3.8, 4) is 0 Å². The predicted molar refractivity (Wildman–Crippen MR) is 81.0 cm³/mol. The number of aliphatic hydroxyl groups is 1. The lowest BCUT2D eigenvalue weighted by molar-refractivity contribution is 0.171. The molecule has 2 aromatic rings. The van der Waals surface area contributed by atoms with Crippen LogP contribution in [0, 0.1) is 5.41 Å². The summed E-state index contributed by atoms with van der Waals surface area (Å²) in [7, 11) is 0. The quantitative estimate of drug-likeness (QED) is 0.893. The zero-order chi connectivity index (χ0) is 13.2. The lowest BCUT2D eigenvalue weighted by Gasteiger charge is -2.22. The van der Waals surface area contributed by atoms with Crippen LogP contribution in [0.2, 0.25) is 0 Å². The molecule has 0 aliphatic heterocycles. The van der Waals surface area contributed by atoms with Crippen LogP contribution in [0.5, 0.6) is 0 Å². The molecule has 96 valence electrons. The fraction of sp³-hybridized carbons (Fsp3) is 0.333. The van der Waals surface area contributed by atoms with Crippen LogP contribution in [0.3, 0.4) is 0 Å². The van der Waals surface area contributed by atoms with Gasteiger partial charge in [0, 0.05) is 28.7 Å². The van der Waals surface area contributed by atoms with Gasteiger partial charge in [-0.25, -0.2) is 0 Å². The minimum absolute atomic E-state index is 0.103. The Bertz CT molecular complexity index is 551. The highest BCUT2D eigenvalue weighted by atomic mass is 79.9. The van der Waals surface area contributed by atoms with Gasteiger partial charge < -0.3 is 10.4 Å². The van der Waals surface area contributed by atoms with Crippen molar-refractivity contribution in [2.24, 2.45) is 5.41 Å². The van der Waals surface area contributed by atoms with Gasteiger partial charge in [-0.3, -0.25) is 0 Å². The van der Waals surface area contributed by atoms with Gasteiger partial charge in [0.2, 0.25) is 0 Å². The van der Waals surface area contributed by atoms with Crippen LogP contribution in [-0.2, 0) is 0 Å². The highest BCUT2D eigenvalue weighted by molar-refractivity contribution is 9.10. The van der Waals surface area contributed by atoms with E-state index in [0.717, 1.165) is 16.7 Å². The van der Waals surface area contributed by atoms with Gasteiger partial charge in [-0.15, -0.1) is 0 Å². The van der Waals surface area contributed by atoms with E-state index in [1.165, 1.54) is 10.8 Å². The number of hydrogen-bond acceptors (Lipinski definition) is 2. The highest BCUT2D eigenvalue weighted by Gasteiger charge is 2.15. The summed E-state index contributed by atoms with van der Waals surface area (Å²) in [6, 6.07) is 12.6. The van der Waals surface area contributed by atoms with Crippen molar-refractivity contribution in [1.29, 1.82) is 0 Å². The smallest absolute Gasteiger partial charge is 0.0498 e. The molecule has 0 aromatic heterocycles. The number of anilines is 1. The third kappa shape index (κ3) is 3.24. The van der Waals surface area contributed by atoms with Gasteiger partial charge in [0.25, 0.3) is 0 Å². The predicted octanol–water partition coefficient (Wildman–Crippen LogP) is 4.03. The van der Waals surface area contributed by atoms with Crippen molar-refractivity contribution < 1.29 is 5.11 Å².